The minimum Gasteiger partial charge on any atom is -0.355 e. The van der Waals surface area contributed by atoms with Crippen molar-refractivity contribution in [3.05, 3.63) is 24.3 Å². The molecular weight excluding hydrogens is 252 g/mol. The predicted octanol–water partition coefficient (Wildman–Crippen LogP) is 3.36. The van der Waals surface area contributed by atoms with Gasteiger partial charge in [-0.3, -0.25) is 4.79 Å². The molecule has 2 aliphatic carbocycles. The summed E-state index contributed by atoms with van der Waals surface area (Å²) in [6.45, 7) is 8.32. The van der Waals surface area contributed by atoms with E-state index < -0.39 is 6.29 Å². The summed E-state index contributed by atoms with van der Waals surface area (Å²) in [6.07, 6.45) is 7.06. The molecule has 2 saturated carbocycles. The van der Waals surface area contributed by atoms with Gasteiger partial charge in [-0.2, -0.15) is 0 Å². The average Bonchev–Trinajstić information content (AvgIpc) is 3.01. The molecule has 2 fully saturated rings. The van der Waals surface area contributed by atoms with Crippen molar-refractivity contribution in [3.8, 4) is 0 Å². The number of hydrogen-bond donors (Lipinski definition) is 0. The van der Waals surface area contributed by atoms with Crippen LogP contribution >= 0.6 is 0 Å². The Morgan fingerprint density at radius 3 is 2.55 bits per heavy atom. The number of methoxy groups -OCH3 is 2. The van der Waals surface area contributed by atoms with Crippen LogP contribution in [0.15, 0.2) is 24.3 Å². The second kappa shape index (κ2) is 5.82. The van der Waals surface area contributed by atoms with Crippen LogP contribution in [0.1, 0.15) is 33.1 Å². The molecule has 0 amide bonds. The first-order valence-electron chi connectivity index (χ1n) is 7.42. The maximum atomic E-state index is 12.2. The summed E-state index contributed by atoms with van der Waals surface area (Å²) < 4.78 is 10.3. The maximum Gasteiger partial charge on any atom is 0.166 e. The van der Waals surface area contributed by atoms with Crippen LogP contribution in [0.2, 0.25) is 0 Å². The van der Waals surface area contributed by atoms with E-state index in [9.17, 15) is 4.79 Å². The quantitative estimate of drug-likeness (QED) is 0.424. The predicted molar refractivity (Wildman–Crippen MR) is 79.2 cm³/mol. The van der Waals surface area contributed by atoms with Crippen molar-refractivity contribution in [3.63, 3.8) is 0 Å². The van der Waals surface area contributed by atoms with E-state index >= 15 is 0 Å². The van der Waals surface area contributed by atoms with Crippen LogP contribution in [0.4, 0.5) is 0 Å². The number of ketones is 1. The summed E-state index contributed by atoms with van der Waals surface area (Å²) in [4.78, 5) is 12.2. The number of hydrogen-bond acceptors (Lipinski definition) is 3. The van der Waals surface area contributed by atoms with E-state index in [1.807, 2.05) is 6.92 Å². The van der Waals surface area contributed by atoms with Crippen molar-refractivity contribution in [2.45, 2.75) is 39.4 Å². The molecule has 112 valence electrons. The second-order valence-electron chi connectivity index (χ2n) is 6.38. The van der Waals surface area contributed by atoms with Gasteiger partial charge in [0, 0.05) is 19.6 Å². The van der Waals surface area contributed by atoms with Crippen molar-refractivity contribution >= 4 is 5.78 Å². The molecule has 2 rings (SSSR count). The molecule has 3 nitrogen and oxygen atoms in total. The topological polar surface area (TPSA) is 35.5 Å². The second-order valence-corrected chi connectivity index (χ2v) is 6.38. The number of rotatable bonds is 6. The van der Waals surface area contributed by atoms with Crippen molar-refractivity contribution < 1.29 is 14.3 Å². The highest BCUT2D eigenvalue weighted by molar-refractivity contribution is 5.92. The van der Waals surface area contributed by atoms with Gasteiger partial charge in [0.25, 0.3) is 0 Å². The molecule has 2 bridgehead atoms. The average molecular weight is 278 g/mol. The van der Waals surface area contributed by atoms with E-state index in [1.165, 1.54) is 24.8 Å². The summed E-state index contributed by atoms with van der Waals surface area (Å²) in [7, 11) is 3.11. The molecule has 0 N–H and O–H groups in total. The Hall–Kier alpha value is -0.930. The minimum absolute atomic E-state index is 0.00601. The van der Waals surface area contributed by atoms with Crippen molar-refractivity contribution in [2.75, 3.05) is 14.2 Å². The van der Waals surface area contributed by atoms with Gasteiger partial charge in [-0.05, 0) is 37.2 Å². The molecule has 4 atom stereocenters. The summed E-state index contributed by atoms with van der Waals surface area (Å²) >= 11 is 0. The molecule has 0 aromatic carbocycles. The highest BCUT2D eigenvalue weighted by atomic mass is 16.7. The van der Waals surface area contributed by atoms with Gasteiger partial charge in [0.2, 0.25) is 0 Å². The van der Waals surface area contributed by atoms with Crippen LogP contribution in [-0.4, -0.2) is 26.3 Å². The molecule has 1 unspecified atom stereocenters. The molecular formula is C17H26O3. The minimum atomic E-state index is -0.483. The lowest BCUT2D eigenvalue weighted by Gasteiger charge is -2.33. The third-order valence-electron chi connectivity index (χ3n) is 5.38. The fraction of sp³-hybridized carbons (Fsp3) is 0.706. The highest BCUT2D eigenvalue weighted by Crippen LogP contribution is 2.59. The Morgan fingerprint density at radius 1 is 1.40 bits per heavy atom. The third kappa shape index (κ3) is 2.49. The Balaban J connectivity index is 2.06. The number of allylic oxidation sites excluding steroid dienone is 3. The molecule has 0 saturated heterocycles. The first-order chi connectivity index (χ1) is 9.43. The van der Waals surface area contributed by atoms with E-state index in [0.717, 1.165) is 0 Å². The van der Waals surface area contributed by atoms with Crippen LogP contribution < -0.4 is 0 Å². The molecule has 0 aliphatic heterocycles. The fourth-order valence-electron chi connectivity index (χ4n) is 3.83. The van der Waals surface area contributed by atoms with Crippen molar-refractivity contribution in [1.82, 2.24) is 0 Å². The number of fused-ring (bicyclic) bond motifs is 2. The Bertz CT molecular complexity index is 422. The Morgan fingerprint density at radius 2 is 2.05 bits per heavy atom. The van der Waals surface area contributed by atoms with Crippen molar-refractivity contribution in [2.24, 2.45) is 23.2 Å². The number of ether oxygens (including phenoxy) is 2. The summed E-state index contributed by atoms with van der Waals surface area (Å²) in [5.41, 5.74) is 1.30. The van der Waals surface area contributed by atoms with E-state index in [0.29, 0.717) is 11.8 Å². The molecule has 0 aromatic heterocycles. The molecule has 20 heavy (non-hydrogen) atoms. The van der Waals surface area contributed by atoms with Gasteiger partial charge < -0.3 is 9.47 Å². The molecule has 0 radical (unpaired) electrons. The third-order valence-corrected chi connectivity index (χ3v) is 5.38. The Labute approximate surface area is 122 Å². The lowest BCUT2D eigenvalue weighted by Crippen LogP contribution is -2.29. The largest absolute Gasteiger partial charge is 0.355 e. The normalized spacial score (nSPS) is 34.4. The lowest BCUT2D eigenvalue weighted by molar-refractivity contribution is -0.150. The van der Waals surface area contributed by atoms with Gasteiger partial charge in [-0.15, -0.1) is 0 Å². The standard InChI is InChI=1S/C17H26O3/c1-11(16(19-4)20-5)15(18)8-9-17(3)12(2)13-6-7-14(17)10-13/h8-9,11,13-14,16H,2,6-7,10H2,1,3-5H3/b9-8+/t11?,13-,14+,17+/m1/s1. The number of carbonyl (C=O) groups excluding carboxylic acids is 1. The van der Waals surface area contributed by atoms with Crippen molar-refractivity contribution in [1.29, 1.82) is 0 Å². The first-order valence-corrected chi connectivity index (χ1v) is 7.42. The zero-order valence-corrected chi connectivity index (χ0v) is 13.0. The van der Waals surface area contributed by atoms with Gasteiger partial charge in [-0.1, -0.05) is 32.1 Å². The van der Waals surface area contributed by atoms with Gasteiger partial charge in [0.05, 0.1) is 5.92 Å². The van der Waals surface area contributed by atoms with Crippen LogP contribution in [0.5, 0.6) is 0 Å². The fourth-order valence-corrected chi connectivity index (χ4v) is 3.83. The zero-order chi connectivity index (χ0) is 14.9. The van der Waals surface area contributed by atoms with Crippen LogP contribution in [0.25, 0.3) is 0 Å². The SMILES string of the molecule is C=C1[C@@H]2CC[C@@H](C2)[C@@]1(C)/C=C/C(=O)C(C)C(OC)OC. The Kier molecular flexibility index (Phi) is 4.50. The molecule has 0 heterocycles. The van der Waals surface area contributed by atoms with Gasteiger partial charge in [0.15, 0.2) is 12.1 Å². The van der Waals surface area contributed by atoms with E-state index in [-0.39, 0.29) is 17.1 Å². The highest BCUT2D eigenvalue weighted by Gasteiger charge is 2.49. The maximum absolute atomic E-state index is 12.2. The smallest absolute Gasteiger partial charge is 0.166 e. The molecule has 0 spiro atoms. The van der Waals surface area contributed by atoms with Crippen LogP contribution in [0.3, 0.4) is 0 Å². The van der Waals surface area contributed by atoms with E-state index in [4.69, 9.17) is 9.47 Å². The monoisotopic (exact) mass is 278 g/mol. The van der Waals surface area contributed by atoms with Gasteiger partial charge in [0.1, 0.15) is 0 Å². The lowest BCUT2D eigenvalue weighted by atomic mass is 9.71. The van der Waals surface area contributed by atoms with Gasteiger partial charge >= 0.3 is 0 Å². The zero-order valence-electron chi connectivity index (χ0n) is 13.0. The van der Waals surface area contributed by atoms with E-state index in [1.54, 1.807) is 20.3 Å². The van der Waals surface area contributed by atoms with Gasteiger partial charge in [-0.25, -0.2) is 0 Å². The summed E-state index contributed by atoms with van der Waals surface area (Å²) in [6, 6.07) is 0. The van der Waals surface area contributed by atoms with Crippen LogP contribution in [0, 0.1) is 23.2 Å². The first kappa shape index (κ1) is 15.5. The van der Waals surface area contributed by atoms with E-state index in [2.05, 4.69) is 19.6 Å². The molecule has 2 aliphatic rings. The number of carbonyl (C=O) groups is 1. The summed E-state index contributed by atoms with van der Waals surface area (Å²) in [5, 5.41) is 0. The molecule has 3 heteroatoms. The van der Waals surface area contributed by atoms with Crippen LogP contribution in [-0.2, 0) is 14.3 Å². The summed E-state index contributed by atoms with van der Waals surface area (Å²) in [5.74, 6) is 1.07. The molecule has 0 aromatic rings.